The molecule has 1 aliphatic heterocycles. The molecule has 0 fully saturated rings. The van der Waals surface area contributed by atoms with E-state index in [9.17, 15) is 4.79 Å². The summed E-state index contributed by atoms with van der Waals surface area (Å²) in [5, 5.41) is 7.27. The highest BCUT2D eigenvalue weighted by molar-refractivity contribution is 5.91. The topological polar surface area (TPSA) is 84.4 Å². The van der Waals surface area contributed by atoms with Crippen molar-refractivity contribution in [2.75, 3.05) is 7.05 Å². The van der Waals surface area contributed by atoms with Crippen molar-refractivity contribution in [2.45, 2.75) is 38.4 Å². The van der Waals surface area contributed by atoms with Gasteiger partial charge in [0.25, 0.3) is 5.91 Å². The van der Waals surface area contributed by atoms with Crippen LogP contribution in [0.25, 0.3) is 0 Å². The van der Waals surface area contributed by atoms with Gasteiger partial charge in [0.1, 0.15) is 6.04 Å². The van der Waals surface area contributed by atoms with E-state index in [0.717, 1.165) is 5.56 Å². The first-order valence-electron chi connectivity index (χ1n) is 9.06. The number of hydrogen-bond acceptors (Lipinski definition) is 6. The Hall–Kier alpha value is -2.64. The number of fused-ring (bicyclic) bond motifs is 1. The van der Waals surface area contributed by atoms with Gasteiger partial charge in [0.2, 0.25) is 5.89 Å². The van der Waals surface area contributed by atoms with Gasteiger partial charge in [-0.05, 0) is 37.2 Å². The highest BCUT2D eigenvalue weighted by Gasteiger charge is 2.36. The van der Waals surface area contributed by atoms with Gasteiger partial charge in [-0.15, -0.1) is 12.4 Å². The third-order valence-corrected chi connectivity index (χ3v) is 4.99. The summed E-state index contributed by atoms with van der Waals surface area (Å²) in [6.45, 7) is 2.53. The predicted molar refractivity (Wildman–Crippen MR) is 105 cm³/mol. The van der Waals surface area contributed by atoms with E-state index >= 15 is 0 Å². The molecule has 0 saturated heterocycles. The van der Waals surface area contributed by atoms with E-state index in [0.29, 0.717) is 36.9 Å². The van der Waals surface area contributed by atoms with Crippen LogP contribution in [0.5, 0.6) is 0 Å². The van der Waals surface area contributed by atoms with Crippen LogP contribution >= 0.6 is 12.4 Å². The minimum Gasteiger partial charge on any atom is -0.459 e. The normalized spacial score (nSPS) is 16.9. The molecule has 3 aromatic rings. The Morgan fingerprint density at radius 2 is 2.07 bits per heavy atom. The number of benzene rings is 1. The fourth-order valence-electron chi connectivity index (χ4n) is 3.36. The van der Waals surface area contributed by atoms with Crippen LogP contribution in [0, 0.1) is 0 Å². The molecule has 4 rings (SSSR count). The zero-order valence-corrected chi connectivity index (χ0v) is 16.6. The van der Waals surface area contributed by atoms with E-state index in [1.165, 1.54) is 11.8 Å². The molecule has 0 saturated carbocycles. The fraction of sp³-hybridized carbons (Fsp3) is 0.350. The standard InChI is InChI=1S/C20H22N4O3.ClH/c1-13(21-2)10-18-22-19(27-23-18)16-11-14-6-3-4-7-15(14)12-24(16)20(25)17-8-5-9-26-17;/h3-9,13,16,21H,10-12H2,1-2H3;1H. The zero-order valence-electron chi connectivity index (χ0n) is 15.8. The number of halogens is 1. The molecular formula is C20H23ClN4O3. The monoisotopic (exact) mass is 402 g/mol. The highest BCUT2D eigenvalue weighted by Crippen LogP contribution is 2.33. The average molecular weight is 403 g/mol. The van der Waals surface area contributed by atoms with Crippen molar-refractivity contribution in [3.63, 3.8) is 0 Å². The predicted octanol–water partition coefficient (Wildman–Crippen LogP) is 3.17. The summed E-state index contributed by atoms with van der Waals surface area (Å²) in [5.74, 6) is 1.23. The average Bonchev–Trinajstić information content (AvgIpc) is 3.38. The summed E-state index contributed by atoms with van der Waals surface area (Å²) in [4.78, 5) is 19.3. The van der Waals surface area contributed by atoms with E-state index in [1.807, 2.05) is 25.2 Å². The maximum Gasteiger partial charge on any atom is 0.290 e. The minimum atomic E-state index is -0.316. The molecule has 1 aliphatic rings. The zero-order chi connectivity index (χ0) is 18.8. The van der Waals surface area contributed by atoms with Gasteiger partial charge < -0.3 is 19.2 Å². The van der Waals surface area contributed by atoms with Crippen molar-refractivity contribution in [1.82, 2.24) is 20.4 Å². The number of aromatic nitrogens is 2. The summed E-state index contributed by atoms with van der Waals surface area (Å²) in [6, 6.07) is 11.4. The molecule has 8 heteroatoms. The molecule has 1 aromatic carbocycles. The molecule has 3 heterocycles. The second kappa shape index (κ2) is 8.58. The second-order valence-corrected chi connectivity index (χ2v) is 6.84. The van der Waals surface area contributed by atoms with Crippen LogP contribution in [0.3, 0.4) is 0 Å². The third-order valence-electron chi connectivity index (χ3n) is 4.99. The Morgan fingerprint density at radius 1 is 1.29 bits per heavy atom. The molecule has 148 valence electrons. The molecule has 2 aromatic heterocycles. The van der Waals surface area contributed by atoms with Crippen molar-refractivity contribution in [3.8, 4) is 0 Å². The third kappa shape index (κ3) is 3.95. The molecule has 1 N–H and O–H groups in total. The van der Waals surface area contributed by atoms with Crippen LogP contribution < -0.4 is 5.32 Å². The van der Waals surface area contributed by atoms with Crippen LogP contribution in [0.15, 0.2) is 51.6 Å². The first-order chi connectivity index (χ1) is 13.2. The molecule has 2 unspecified atom stereocenters. The Balaban J connectivity index is 0.00000225. The van der Waals surface area contributed by atoms with Crippen molar-refractivity contribution >= 4 is 18.3 Å². The van der Waals surface area contributed by atoms with Gasteiger partial charge >= 0.3 is 0 Å². The first kappa shape index (κ1) is 20.1. The van der Waals surface area contributed by atoms with Crippen LogP contribution in [-0.4, -0.2) is 34.0 Å². The summed E-state index contributed by atoms with van der Waals surface area (Å²) in [7, 11) is 1.90. The smallest absolute Gasteiger partial charge is 0.290 e. The van der Waals surface area contributed by atoms with Gasteiger partial charge in [0, 0.05) is 25.4 Å². The van der Waals surface area contributed by atoms with Gasteiger partial charge in [-0.25, -0.2) is 0 Å². The van der Waals surface area contributed by atoms with E-state index in [-0.39, 0.29) is 30.4 Å². The Bertz CT molecular complexity index is 925. The molecule has 0 radical (unpaired) electrons. The van der Waals surface area contributed by atoms with Crippen LogP contribution in [-0.2, 0) is 19.4 Å². The molecule has 0 bridgehead atoms. The molecular weight excluding hydrogens is 380 g/mol. The fourth-order valence-corrected chi connectivity index (χ4v) is 3.36. The highest BCUT2D eigenvalue weighted by atomic mass is 35.5. The number of amides is 1. The second-order valence-electron chi connectivity index (χ2n) is 6.84. The lowest BCUT2D eigenvalue weighted by atomic mass is 9.93. The number of furan rings is 1. The van der Waals surface area contributed by atoms with Crippen molar-refractivity contribution in [1.29, 1.82) is 0 Å². The minimum absolute atomic E-state index is 0. The number of carbonyl (C=O) groups is 1. The lowest BCUT2D eigenvalue weighted by Gasteiger charge is -2.34. The van der Waals surface area contributed by atoms with Gasteiger partial charge in [0.15, 0.2) is 11.6 Å². The van der Waals surface area contributed by atoms with E-state index in [4.69, 9.17) is 8.94 Å². The number of nitrogens with zero attached hydrogens (tertiary/aromatic N) is 3. The summed E-state index contributed by atoms with van der Waals surface area (Å²) in [5.41, 5.74) is 2.31. The largest absolute Gasteiger partial charge is 0.459 e. The number of nitrogens with one attached hydrogen (secondary N) is 1. The Kier molecular flexibility index (Phi) is 6.16. The summed E-state index contributed by atoms with van der Waals surface area (Å²) in [6.07, 6.45) is 2.80. The molecule has 28 heavy (non-hydrogen) atoms. The van der Waals surface area contributed by atoms with Crippen molar-refractivity contribution in [2.24, 2.45) is 0 Å². The number of likely N-dealkylation sites (N-methyl/N-ethyl adjacent to an activating group) is 1. The number of carbonyl (C=O) groups excluding carboxylic acids is 1. The Labute approximate surface area is 169 Å². The van der Waals surface area contributed by atoms with E-state index in [2.05, 4.69) is 28.4 Å². The van der Waals surface area contributed by atoms with Gasteiger partial charge in [-0.3, -0.25) is 4.79 Å². The molecule has 2 atom stereocenters. The SMILES string of the molecule is CNC(C)Cc1noc(C2Cc3ccccc3CN2C(=O)c2ccco2)n1.Cl. The first-order valence-corrected chi connectivity index (χ1v) is 9.06. The number of hydrogen-bond donors (Lipinski definition) is 1. The maximum atomic E-state index is 13.0. The summed E-state index contributed by atoms with van der Waals surface area (Å²) >= 11 is 0. The Morgan fingerprint density at radius 3 is 2.79 bits per heavy atom. The van der Waals surface area contributed by atoms with Crippen LogP contribution in [0.4, 0.5) is 0 Å². The lowest BCUT2D eigenvalue weighted by molar-refractivity contribution is 0.0562. The maximum absolute atomic E-state index is 13.0. The van der Waals surface area contributed by atoms with Crippen molar-refractivity contribution < 1.29 is 13.7 Å². The van der Waals surface area contributed by atoms with Gasteiger partial charge in [0.05, 0.1) is 6.26 Å². The molecule has 1 amide bonds. The number of rotatable bonds is 5. The van der Waals surface area contributed by atoms with E-state index < -0.39 is 0 Å². The van der Waals surface area contributed by atoms with Gasteiger partial charge in [-0.1, -0.05) is 29.4 Å². The quantitative estimate of drug-likeness (QED) is 0.705. The van der Waals surface area contributed by atoms with Crippen molar-refractivity contribution in [3.05, 3.63) is 71.3 Å². The summed E-state index contributed by atoms with van der Waals surface area (Å²) < 4.78 is 10.9. The molecule has 7 nitrogen and oxygen atoms in total. The lowest BCUT2D eigenvalue weighted by Crippen LogP contribution is -2.39. The molecule has 0 spiro atoms. The van der Waals surface area contributed by atoms with Crippen LogP contribution in [0.1, 0.15) is 46.4 Å². The molecule has 0 aliphatic carbocycles. The van der Waals surface area contributed by atoms with Gasteiger partial charge in [-0.2, -0.15) is 4.98 Å². The van der Waals surface area contributed by atoms with Crippen LogP contribution in [0.2, 0.25) is 0 Å². The van der Waals surface area contributed by atoms with E-state index in [1.54, 1.807) is 17.0 Å².